The molecule has 0 fully saturated rings. The Morgan fingerprint density at radius 3 is 2.53 bits per heavy atom. The van der Waals surface area contributed by atoms with Crippen LogP contribution in [0.2, 0.25) is 0 Å². The number of aliphatic hydroxyl groups is 1. The number of alkyl halides is 3. The smallest absolute Gasteiger partial charge is 0.395 e. The fraction of sp³-hybridized carbons (Fsp3) is 0.357. The third kappa shape index (κ3) is 1.98. The van der Waals surface area contributed by atoms with Crippen molar-refractivity contribution in [1.29, 1.82) is 0 Å². The van der Waals surface area contributed by atoms with E-state index in [2.05, 4.69) is 6.58 Å². The summed E-state index contributed by atoms with van der Waals surface area (Å²) in [6, 6.07) is 4.00. The highest BCUT2D eigenvalue weighted by Gasteiger charge is 2.53. The molecule has 1 aliphatic carbocycles. The Balaban J connectivity index is 2.57. The summed E-state index contributed by atoms with van der Waals surface area (Å²) in [6.45, 7) is 2.10. The number of carbonyl (C=O) groups is 1. The lowest BCUT2D eigenvalue weighted by atomic mass is 9.79. The molecular formula is C14H13F3O2. The van der Waals surface area contributed by atoms with E-state index in [1.54, 1.807) is 0 Å². The molecule has 0 spiro atoms. The summed E-state index contributed by atoms with van der Waals surface area (Å²) in [5.74, 6) is -0.0539. The van der Waals surface area contributed by atoms with Crippen LogP contribution in [0.25, 0.3) is 0 Å². The molecule has 0 heterocycles. The number of aryl methyl sites for hydroxylation is 1. The summed E-state index contributed by atoms with van der Waals surface area (Å²) in [6.07, 6.45) is -3.16. The highest BCUT2D eigenvalue weighted by molar-refractivity contribution is 6.00. The normalized spacial score (nSPS) is 18.0. The van der Waals surface area contributed by atoms with E-state index < -0.39 is 18.2 Å². The van der Waals surface area contributed by atoms with Crippen molar-refractivity contribution in [3.05, 3.63) is 47.5 Å². The first-order valence-corrected chi connectivity index (χ1v) is 5.83. The van der Waals surface area contributed by atoms with Crippen LogP contribution in [-0.4, -0.2) is 23.7 Å². The quantitative estimate of drug-likeness (QED) is 0.857. The van der Waals surface area contributed by atoms with Crippen molar-refractivity contribution in [1.82, 2.24) is 0 Å². The van der Waals surface area contributed by atoms with Crippen molar-refractivity contribution in [2.45, 2.75) is 24.4 Å². The fourth-order valence-electron chi connectivity index (χ4n) is 2.38. The molecule has 0 bridgehead atoms. The molecule has 0 unspecified atom stereocenters. The molecule has 1 atom stereocenters. The van der Waals surface area contributed by atoms with E-state index >= 15 is 0 Å². The Hall–Kier alpha value is -1.62. The topological polar surface area (TPSA) is 37.3 Å². The van der Waals surface area contributed by atoms with E-state index in [9.17, 15) is 23.1 Å². The Morgan fingerprint density at radius 2 is 2.00 bits per heavy atom. The van der Waals surface area contributed by atoms with Crippen LogP contribution in [0.5, 0.6) is 0 Å². The number of halogens is 3. The van der Waals surface area contributed by atoms with Gasteiger partial charge in [-0.2, -0.15) is 13.2 Å². The Kier molecular flexibility index (Phi) is 3.26. The number of Topliss-reactive ketones (excluding diaryl/α,β-unsaturated/α-hetero) is 1. The molecular weight excluding hydrogens is 257 g/mol. The lowest BCUT2D eigenvalue weighted by Crippen LogP contribution is -2.43. The van der Waals surface area contributed by atoms with Crippen LogP contribution >= 0.6 is 0 Å². The average Bonchev–Trinajstić information content (AvgIpc) is 2.71. The second-order valence-corrected chi connectivity index (χ2v) is 4.63. The van der Waals surface area contributed by atoms with Gasteiger partial charge in [0.15, 0.2) is 5.78 Å². The number of carbonyl (C=O) groups excluding carboxylic acids is 1. The monoisotopic (exact) mass is 270 g/mol. The third-order valence-corrected chi connectivity index (χ3v) is 3.65. The molecule has 1 aliphatic rings. The van der Waals surface area contributed by atoms with Gasteiger partial charge in [-0.05, 0) is 17.5 Å². The summed E-state index contributed by atoms with van der Waals surface area (Å²) < 4.78 is 39.6. The average molecular weight is 270 g/mol. The molecule has 0 saturated heterocycles. The first-order valence-electron chi connectivity index (χ1n) is 5.83. The zero-order chi connectivity index (χ0) is 14.3. The summed E-state index contributed by atoms with van der Waals surface area (Å²) in [4.78, 5) is 11.5. The SMILES string of the molecule is C=C[C@@](CO)(c1ccc2c(c1)CCC2=O)C(F)(F)F. The molecule has 1 N–H and O–H groups in total. The molecule has 19 heavy (non-hydrogen) atoms. The van der Waals surface area contributed by atoms with Crippen molar-refractivity contribution in [2.24, 2.45) is 0 Å². The van der Waals surface area contributed by atoms with Gasteiger partial charge in [0.2, 0.25) is 0 Å². The van der Waals surface area contributed by atoms with Crippen molar-refractivity contribution in [2.75, 3.05) is 6.61 Å². The van der Waals surface area contributed by atoms with Crippen molar-refractivity contribution < 1.29 is 23.1 Å². The lowest BCUT2D eigenvalue weighted by Gasteiger charge is -2.31. The van der Waals surface area contributed by atoms with Gasteiger partial charge < -0.3 is 5.11 Å². The van der Waals surface area contributed by atoms with Gasteiger partial charge in [-0.3, -0.25) is 4.79 Å². The van der Waals surface area contributed by atoms with E-state index in [-0.39, 0.29) is 11.3 Å². The van der Waals surface area contributed by atoms with Crippen molar-refractivity contribution in [3.8, 4) is 0 Å². The minimum atomic E-state index is -4.64. The van der Waals surface area contributed by atoms with Gasteiger partial charge in [-0.15, -0.1) is 6.58 Å². The summed E-state index contributed by atoms with van der Waals surface area (Å²) >= 11 is 0. The van der Waals surface area contributed by atoms with E-state index in [0.29, 0.717) is 30.0 Å². The molecule has 0 aromatic heterocycles. The Bertz CT molecular complexity index is 534. The van der Waals surface area contributed by atoms with Gasteiger partial charge in [0.25, 0.3) is 0 Å². The number of hydrogen-bond donors (Lipinski definition) is 1. The predicted octanol–water partition coefficient (Wildman–Crippen LogP) is 2.79. The molecule has 2 rings (SSSR count). The zero-order valence-electron chi connectivity index (χ0n) is 10.1. The molecule has 1 aromatic carbocycles. The highest BCUT2D eigenvalue weighted by Crippen LogP contribution is 2.42. The number of aliphatic hydroxyl groups excluding tert-OH is 1. The van der Waals surface area contributed by atoms with E-state index in [0.717, 1.165) is 0 Å². The zero-order valence-corrected chi connectivity index (χ0v) is 10.1. The summed E-state index contributed by atoms with van der Waals surface area (Å²) in [7, 11) is 0. The maximum atomic E-state index is 13.2. The number of rotatable bonds is 3. The Morgan fingerprint density at radius 1 is 1.32 bits per heavy atom. The molecule has 102 valence electrons. The maximum absolute atomic E-state index is 13.2. The van der Waals surface area contributed by atoms with Gasteiger partial charge in [-0.25, -0.2) is 0 Å². The highest BCUT2D eigenvalue weighted by atomic mass is 19.4. The fourth-order valence-corrected chi connectivity index (χ4v) is 2.38. The van der Waals surface area contributed by atoms with Crippen molar-refractivity contribution >= 4 is 5.78 Å². The first kappa shape index (κ1) is 13.8. The van der Waals surface area contributed by atoms with Crippen LogP contribution in [0.4, 0.5) is 13.2 Å². The van der Waals surface area contributed by atoms with Gasteiger partial charge >= 0.3 is 6.18 Å². The second kappa shape index (κ2) is 4.49. The molecule has 5 heteroatoms. The number of fused-ring (bicyclic) bond motifs is 1. The van der Waals surface area contributed by atoms with Crippen LogP contribution in [-0.2, 0) is 11.8 Å². The minimum absolute atomic E-state index is 0.0539. The molecule has 0 radical (unpaired) electrons. The van der Waals surface area contributed by atoms with Crippen LogP contribution in [0.1, 0.15) is 27.9 Å². The number of benzene rings is 1. The molecule has 0 aliphatic heterocycles. The van der Waals surface area contributed by atoms with Gasteiger partial charge in [0.1, 0.15) is 5.41 Å². The Labute approximate surface area is 108 Å². The second-order valence-electron chi connectivity index (χ2n) is 4.63. The van der Waals surface area contributed by atoms with Crippen LogP contribution < -0.4 is 0 Å². The summed E-state index contributed by atoms with van der Waals surface area (Å²) in [5.41, 5.74) is -1.48. The van der Waals surface area contributed by atoms with E-state index in [1.807, 2.05) is 0 Å². The van der Waals surface area contributed by atoms with Gasteiger partial charge in [0, 0.05) is 12.0 Å². The largest absolute Gasteiger partial charge is 0.404 e. The lowest BCUT2D eigenvalue weighted by molar-refractivity contribution is -0.185. The number of hydrogen-bond acceptors (Lipinski definition) is 2. The van der Waals surface area contributed by atoms with Crippen LogP contribution in [0.15, 0.2) is 30.9 Å². The van der Waals surface area contributed by atoms with Crippen molar-refractivity contribution in [3.63, 3.8) is 0 Å². The van der Waals surface area contributed by atoms with Crippen LogP contribution in [0, 0.1) is 0 Å². The maximum Gasteiger partial charge on any atom is 0.404 e. The molecule has 0 amide bonds. The molecule has 1 aromatic rings. The summed E-state index contributed by atoms with van der Waals surface area (Å²) in [5, 5.41) is 9.21. The standard InChI is InChI=1S/C14H13F3O2/c1-2-13(8-18,14(15,16)17)10-4-5-11-9(7-10)3-6-12(11)19/h2,4-5,7,18H,1,3,6,8H2/t13-/m1/s1. The van der Waals surface area contributed by atoms with Crippen LogP contribution in [0.3, 0.4) is 0 Å². The third-order valence-electron chi connectivity index (χ3n) is 3.65. The minimum Gasteiger partial charge on any atom is -0.395 e. The van der Waals surface area contributed by atoms with Gasteiger partial charge in [0.05, 0.1) is 6.61 Å². The first-order chi connectivity index (χ1) is 8.85. The van der Waals surface area contributed by atoms with E-state index in [1.165, 1.54) is 18.2 Å². The number of ketones is 1. The van der Waals surface area contributed by atoms with Gasteiger partial charge in [-0.1, -0.05) is 24.3 Å². The predicted molar refractivity (Wildman–Crippen MR) is 64.1 cm³/mol. The molecule has 0 saturated carbocycles. The molecule has 2 nitrogen and oxygen atoms in total. The van der Waals surface area contributed by atoms with E-state index in [4.69, 9.17) is 0 Å².